The average Bonchev–Trinajstić information content (AvgIpc) is 2.72. The molecule has 0 aromatic heterocycles. The van der Waals surface area contributed by atoms with E-state index in [1.807, 2.05) is 6.07 Å². The van der Waals surface area contributed by atoms with E-state index in [1.54, 1.807) is 55.5 Å². The molecule has 0 saturated carbocycles. The Labute approximate surface area is 188 Å². The molecule has 0 bridgehead atoms. The van der Waals surface area contributed by atoms with Crippen LogP contribution in [-0.4, -0.2) is 17.5 Å². The van der Waals surface area contributed by atoms with E-state index in [-0.39, 0.29) is 16.5 Å². The van der Waals surface area contributed by atoms with Crippen LogP contribution in [0.25, 0.3) is 0 Å². The van der Waals surface area contributed by atoms with Crippen LogP contribution in [0.3, 0.4) is 0 Å². The van der Waals surface area contributed by atoms with Gasteiger partial charge in [0.25, 0.3) is 11.8 Å². The molecule has 3 aromatic rings. The van der Waals surface area contributed by atoms with Gasteiger partial charge in [0.1, 0.15) is 0 Å². The summed E-state index contributed by atoms with van der Waals surface area (Å²) in [6, 6.07) is 18.4. The number of rotatable bonds is 5. The third-order valence-corrected chi connectivity index (χ3v) is 4.91. The molecule has 0 aliphatic heterocycles. The van der Waals surface area contributed by atoms with Crippen LogP contribution in [0, 0.1) is 0 Å². The van der Waals surface area contributed by atoms with E-state index >= 15 is 0 Å². The van der Waals surface area contributed by atoms with Crippen LogP contribution in [-0.2, 0) is 0 Å². The Morgan fingerprint density at radius 1 is 0.800 bits per heavy atom. The van der Waals surface area contributed by atoms with Gasteiger partial charge in [-0.15, -0.1) is 0 Å². The molecule has 3 rings (SSSR count). The van der Waals surface area contributed by atoms with Crippen molar-refractivity contribution in [2.24, 2.45) is 5.10 Å². The topological polar surface area (TPSA) is 70.6 Å². The minimum absolute atomic E-state index is 0.235. The Morgan fingerprint density at radius 2 is 1.50 bits per heavy atom. The quantitative estimate of drug-likeness (QED) is 0.359. The fourth-order valence-electron chi connectivity index (χ4n) is 2.59. The van der Waals surface area contributed by atoms with Crippen LogP contribution in [0.2, 0.25) is 15.1 Å². The summed E-state index contributed by atoms with van der Waals surface area (Å²) in [5.74, 6) is -0.739. The zero-order valence-corrected chi connectivity index (χ0v) is 18.0. The van der Waals surface area contributed by atoms with Crippen molar-refractivity contribution in [1.29, 1.82) is 0 Å². The van der Waals surface area contributed by atoms with Gasteiger partial charge in [-0.3, -0.25) is 9.59 Å². The molecule has 2 amide bonds. The Kier molecular flexibility index (Phi) is 7.11. The molecule has 3 aromatic carbocycles. The van der Waals surface area contributed by atoms with E-state index < -0.39 is 5.91 Å². The van der Waals surface area contributed by atoms with Gasteiger partial charge in [-0.05, 0) is 61.0 Å². The maximum absolute atomic E-state index is 12.4. The monoisotopic (exact) mass is 459 g/mol. The van der Waals surface area contributed by atoms with E-state index in [1.165, 1.54) is 12.1 Å². The summed E-state index contributed by atoms with van der Waals surface area (Å²) in [6.07, 6.45) is 0. The molecular weight excluding hydrogens is 445 g/mol. The average molecular weight is 461 g/mol. The number of hydrazone groups is 1. The standard InChI is InChI=1S/C22H16Cl3N3O2/c1-13(27-28-22(30)19-9-8-17(24)12-20(19)25)14-4-3-7-18(11-14)26-21(29)15-5-2-6-16(23)10-15/h2-12H,1H3,(H,26,29)(H,28,30)/b27-13-. The first-order valence-corrected chi connectivity index (χ1v) is 9.94. The van der Waals surface area contributed by atoms with Crippen molar-refractivity contribution in [3.63, 3.8) is 0 Å². The highest BCUT2D eigenvalue weighted by Crippen LogP contribution is 2.21. The Balaban J connectivity index is 1.71. The maximum Gasteiger partial charge on any atom is 0.272 e. The number of carbonyl (C=O) groups excluding carboxylic acids is 2. The van der Waals surface area contributed by atoms with Gasteiger partial charge in [0.2, 0.25) is 0 Å². The number of benzene rings is 3. The van der Waals surface area contributed by atoms with E-state index in [9.17, 15) is 9.59 Å². The second-order valence-corrected chi connectivity index (χ2v) is 7.59. The first kappa shape index (κ1) is 21.8. The first-order chi connectivity index (χ1) is 14.3. The molecule has 0 aliphatic carbocycles. The summed E-state index contributed by atoms with van der Waals surface area (Å²) in [5.41, 5.74) is 5.04. The highest BCUT2D eigenvalue weighted by atomic mass is 35.5. The van der Waals surface area contributed by atoms with Crippen LogP contribution >= 0.6 is 34.8 Å². The van der Waals surface area contributed by atoms with Crippen LogP contribution in [0.4, 0.5) is 5.69 Å². The molecule has 0 spiro atoms. The normalized spacial score (nSPS) is 11.1. The number of carbonyl (C=O) groups is 2. The lowest BCUT2D eigenvalue weighted by atomic mass is 10.1. The fraction of sp³-hybridized carbons (Fsp3) is 0.0455. The summed E-state index contributed by atoms with van der Waals surface area (Å²) < 4.78 is 0. The lowest BCUT2D eigenvalue weighted by Gasteiger charge is -2.08. The van der Waals surface area contributed by atoms with Crippen LogP contribution in [0.15, 0.2) is 71.8 Å². The molecule has 0 heterocycles. The molecular formula is C22H16Cl3N3O2. The van der Waals surface area contributed by atoms with E-state index in [0.29, 0.717) is 27.0 Å². The number of hydrogen-bond donors (Lipinski definition) is 2. The van der Waals surface area contributed by atoms with Gasteiger partial charge < -0.3 is 5.32 Å². The zero-order chi connectivity index (χ0) is 21.7. The van der Waals surface area contributed by atoms with Crippen molar-refractivity contribution < 1.29 is 9.59 Å². The van der Waals surface area contributed by atoms with Crippen LogP contribution in [0.5, 0.6) is 0 Å². The molecule has 152 valence electrons. The van der Waals surface area contributed by atoms with E-state index in [0.717, 1.165) is 5.56 Å². The third kappa shape index (κ3) is 5.60. The van der Waals surface area contributed by atoms with Gasteiger partial charge in [-0.2, -0.15) is 5.10 Å². The molecule has 30 heavy (non-hydrogen) atoms. The third-order valence-electron chi connectivity index (χ3n) is 4.13. The van der Waals surface area contributed by atoms with E-state index in [2.05, 4.69) is 15.8 Å². The van der Waals surface area contributed by atoms with E-state index in [4.69, 9.17) is 34.8 Å². The van der Waals surface area contributed by atoms with Crippen LogP contribution < -0.4 is 10.7 Å². The van der Waals surface area contributed by atoms with Gasteiger partial charge in [0.05, 0.1) is 16.3 Å². The molecule has 5 nitrogen and oxygen atoms in total. The predicted molar refractivity (Wildman–Crippen MR) is 122 cm³/mol. The molecule has 0 radical (unpaired) electrons. The summed E-state index contributed by atoms with van der Waals surface area (Å²) in [5, 5.41) is 8.09. The molecule has 0 atom stereocenters. The number of halogens is 3. The number of amides is 2. The smallest absolute Gasteiger partial charge is 0.272 e. The molecule has 2 N–H and O–H groups in total. The second kappa shape index (κ2) is 9.76. The SMILES string of the molecule is C/C(=N/NC(=O)c1ccc(Cl)cc1Cl)c1cccc(NC(=O)c2cccc(Cl)c2)c1. The highest BCUT2D eigenvalue weighted by molar-refractivity contribution is 6.36. The van der Waals surface area contributed by atoms with Gasteiger partial charge in [0, 0.05) is 21.3 Å². The van der Waals surface area contributed by atoms with Crippen molar-refractivity contribution in [2.45, 2.75) is 6.92 Å². The Bertz CT molecular complexity index is 1150. The van der Waals surface area contributed by atoms with Gasteiger partial charge >= 0.3 is 0 Å². The number of nitrogens with zero attached hydrogens (tertiary/aromatic N) is 1. The molecule has 0 saturated heterocycles. The van der Waals surface area contributed by atoms with Crippen molar-refractivity contribution in [1.82, 2.24) is 5.43 Å². The van der Waals surface area contributed by atoms with Crippen LogP contribution in [0.1, 0.15) is 33.2 Å². The largest absolute Gasteiger partial charge is 0.322 e. The summed E-state index contributed by atoms with van der Waals surface area (Å²) in [6.45, 7) is 1.74. The molecule has 0 fully saturated rings. The van der Waals surface area contributed by atoms with Crippen molar-refractivity contribution in [3.05, 3.63) is 98.5 Å². The summed E-state index contributed by atoms with van der Waals surface area (Å²) >= 11 is 17.8. The first-order valence-electron chi connectivity index (χ1n) is 8.80. The minimum atomic E-state index is -0.457. The number of nitrogens with one attached hydrogen (secondary N) is 2. The fourth-order valence-corrected chi connectivity index (χ4v) is 3.27. The minimum Gasteiger partial charge on any atom is -0.322 e. The Hall–Kier alpha value is -2.86. The van der Waals surface area contributed by atoms with Crippen molar-refractivity contribution in [3.8, 4) is 0 Å². The predicted octanol–water partition coefficient (Wildman–Crippen LogP) is 6.05. The number of hydrogen-bond acceptors (Lipinski definition) is 3. The molecule has 0 aliphatic rings. The zero-order valence-electron chi connectivity index (χ0n) is 15.7. The molecule has 0 unspecified atom stereocenters. The lowest BCUT2D eigenvalue weighted by Crippen LogP contribution is -2.19. The van der Waals surface area contributed by atoms with Crippen molar-refractivity contribution in [2.75, 3.05) is 5.32 Å². The summed E-state index contributed by atoms with van der Waals surface area (Å²) in [7, 11) is 0. The maximum atomic E-state index is 12.4. The second-order valence-electron chi connectivity index (χ2n) is 6.31. The molecule has 8 heteroatoms. The van der Waals surface area contributed by atoms with Crippen molar-refractivity contribution >= 4 is 58.0 Å². The lowest BCUT2D eigenvalue weighted by molar-refractivity contribution is 0.0954. The highest BCUT2D eigenvalue weighted by Gasteiger charge is 2.11. The van der Waals surface area contributed by atoms with Gasteiger partial charge in [0.15, 0.2) is 0 Å². The number of anilines is 1. The Morgan fingerprint density at radius 3 is 2.23 bits per heavy atom. The van der Waals surface area contributed by atoms with Gasteiger partial charge in [-0.25, -0.2) is 5.43 Å². The summed E-state index contributed by atoms with van der Waals surface area (Å²) in [4.78, 5) is 24.7. The van der Waals surface area contributed by atoms with Gasteiger partial charge in [-0.1, -0.05) is 53.0 Å².